The minimum Gasteiger partial charge on any atom is -0.321 e. The molecule has 2 aromatic carbocycles. The van der Waals surface area contributed by atoms with E-state index in [4.69, 9.17) is 0 Å². The molecule has 3 aromatic rings. The van der Waals surface area contributed by atoms with Crippen LogP contribution < -0.4 is 5.32 Å². The lowest BCUT2D eigenvalue weighted by Crippen LogP contribution is -2.43. The van der Waals surface area contributed by atoms with Crippen molar-refractivity contribution >= 4 is 28.2 Å². The maximum Gasteiger partial charge on any atom is 0.276 e. The molecule has 1 fully saturated rings. The lowest BCUT2D eigenvalue weighted by molar-refractivity contribution is -0.384. The number of piperazine rings is 1. The zero-order valence-electron chi connectivity index (χ0n) is 16.1. The number of carbonyl (C=O) groups excluding carboxylic acids is 1. The van der Waals surface area contributed by atoms with Gasteiger partial charge in [-0.15, -0.1) is 0 Å². The lowest BCUT2D eigenvalue weighted by atomic mass is 10.1. The second-order valence-electron chi connectivity index (χ2n) is 7.29. The van der Waals surface area contributed by atoms with Crippen LogP contribution in [0.3, 0.4) is 0 Å². The van der Waals surface area contributed by atoms with E-state index < -0.39 is 10.8 Å². The number of benzene rings is 2. The summed E-state index contributed by atoms with van der Waals surface area (Å²) in [5.41, 5.74) is 2.46. The predicted octanol–water partition coefficient (Wildman–Crippen LogP) is 2.47. The van der Waals surface area contributed by atoms with E-state index in [1.165, 1.54) is 17.7 Å². The number of nitrogens with zero attached hydrogens (tertiary/aromatic N) is 4. The molecule has 9 nitrogen and oxygen atoms in total. The summed E-state index contributed by atoms with van der Waals surface area (Å²) in [6, 6.07) is 12.0. The molecule has 0 spiro atoms. The second-order valence-corrected chi connectivity index (χ2v) is 7.29. The van der Waals surface area contributed by atoms with E-state index in [2.05, 4.69) is 32.4 Å². The van der Waals surface area contributed by atoms with Crippen LogP contribution in [0.5, 0.6) is 0 Å². The monoisotopic (exact) mass is 394 g/mol. The Hall–Kier alpha value is -3.30. The maximum atomic E-state index is 12.6. The van der Waals surface area contributed by atoms with Crippen molar-refractivity contribution in [3.05, 3.63) is 63.8 Å². The molecule has 1 aromatic heterocycles. The molecule has 1 saturated heterocycles. The maximum absolute atomic E-state index is 12.6. The smallest absolute Gasteiger partial charge is 0.276 e. The number of hydrogen-bond donors (Lipinski definition) is 2. The molecule has 0 radical (unpaired) electrons. The number of anilines is 1. The number of amides is 1. The van der Waals surface area contributed by atoms with Gasteiger partial charge in [0.2, 0.25) is 0 Å². The summed E-state index contributed by atoms with van der Waals surface area (Å²) in [6.45, 7) is 5.13. The normalized spacial score (nSPS) is 15.5. The zero-order valence-corrected chi connectivity index (χ0v) is 16.1. The minimum atomic E-state index is -0.493. The van der Waals surface area contributed by atoms with Crippen molar-refractivity contribution in [2.45, 2.75) is 6.54 Å². The summed E-state index contributed by atoms with van der Waals surface area (Å²) in [6.07, 6.45) is 0. The third-order valence-electron chi connectivity index (χ3n) is 5.19. The van der Waals surface area contributed by atoms with Gasteiger partial charge in [0, 0.05) is 55.9 Å². The van der Waals surface area contributed by atoms with Gasteiger partial charge in [0.05, 0.1) is 10.4 Å². The number of likely N-dealkylation sites (N-methyl/N-ethyl adjacent to an activating group) is 1. The van der Waals surface area contributed by atoms with Crippen molar-refractivity contribution in [1.82, 2.24) is 20.0 Å². The molecule has 1 aliphatic rings. The molecule has 150 valence electrons. The number of rotatable bonds is 5. The van der Waals surface area contributed by atoms with Crippen LogP contribution in [0.1, 0.15) is 16.1 Å². The number of H-pyrrole nitrogens is 1. The Morgan fingerprint density at radius 3 is 2.59 bits per heavy atom. The van der Waals surface area contributed by atoms with Crippen LogP contribution >= 0.6 is 0 Å². The molecule has 0 bridgehead atoms. The van der Waals surface area contributed by atoms with Gasteiger partial charge in [0.1, 0.15) is 0 Å². The Morgan fingerprint density at radius 1 is 1.17 bits per heavy atom. The Kier molecular flexibility index (Phi) is 5.24. The summed E-state index contributed by atoms with van der Waals surface area (Å²) < 4.78 is 0. The van der Waals surface area contributed by atoms with Crippen molar-refractivity contribution in [1.29, 1.82) is 0 Å². The highest BCUT2D eigenvalue weighted by molar-refractivity contribution is 6.11. The molecule has 0 aliphatic carbocycles. The Balaban J connectivity index is 1.44. The van der Waals surface area contributed by atoms with Gasteiger partial charge in [-0.3, -0.25) is 24.9 Å². The van der Waals surface area contributed by atoms with Crippen molar-refractivity contribution in [3.8, 4) is 0 Å². The number of non-ortho nitro benzene ring substituents is 1. The topological polar surface area (TPSA) is 107 Å². The van der Waals surface area contributed by atoms with E-state index >= 15 is 0 Å². The fourth-order valence-electron chi connectivity index (χ4n) is 3.44. The SMILES string of the molecule is CN1CCN(Cc2ccc(NC(=O)c3n[nH]c4ccc([N+](=O)[O-])cc34)cc2)CC1. The van der Waals surface area contributed by atoms with E-state index in [9.17, 15) is 14.9 Å². The Bertz CT molecular complexity index is 1040. The largest absolute Gasteiger partial charge is 0.321 e. The number of carbonyl (C=O) groups is 1. The Labute approximate surface area is 167 Å². The summed E-state index contributed by atoms with van der Waals surface area (Å²) in [4.78, 5) is 27.9. The third-order valence-corrected chi connectivity index (χ3v) is 5.19. The van der Waals surface area contributed by atoms with Crippen LogP contribution in [0.25, 0.3) is 10.9 Å². The molecule has 1 amide bonds. The quantitative estimate of drug-likeness (QED) is 0.508. The van der Waals surface area contributed by atoms with Crippen molar-refractivity contribution in [2.24, 2.45) is 0 Å². The number of fused-ring (bicyclic) bond motifs is 1. The second kappa shape index (κ2) is 7.98. The molecular weight excluding hydrogens is 372 g/mol. The fourth-order valence-corrected chi connectivity index (χ4v) is 3.44. The highest BCUT2D eigenvalue weighted by Crippen LogP contribution is 2.23. The van der Waals surface area contributed by atoms with Crippen LogP contribution in [-0.4, -0.2) is 64.1 Å². The first-order valence-corrected chi connectivity index (χ1v) is 9.43. The van der Waals surface area contributed by atoms with Gasteiger partial charge in [0.15, 0.2) is 5.69 Å². The number of nitro benzene ring substituents is 1. The number of hydrogen-bond acceptors (Lipinski definition) is 6. The lowest BCUT2D eigenvalue weighted by Gasteiger charge is -2.32. The van der Waals surface area contributed by atoms with Crippen LogP contribution in [0.4, 0.5) is 11.4 Å². The number of aromatic nitrogens is 2. The first-order valence-electron chi connectivity index (χ1n) is 9.43. The highest BCUT2D eigenvalue weighted by Gasteiger charge is 2.18. The third kappa shape index (κ3) is 4.25. The molecule has 0 atom stereocenters. The predicted molar refractivity (Wildman–Crippen MR) is 110 cm³/mol. The van der Waals surface area contributed by atoms with Crippen molar-refractivity contribution in [3.63, 3.8) is 0 Å². The molecule has 1 aliphatic heterocycles. The van der Waals surface area contributed by atoms with Gasteiger partial charge in [-0.2, -0.15) is 5.10 Å². The fraction of sp³-hybridized carbons (Fsp3) is 0.300. The number of nitrogens with one attached hydrogen (secondary N) is 2. The molecule has 0 unspecified atom stereocenters. The molecule has 2 N–H and O–H groups in total. The van der Waals surface area contributed by atoms with Crippen LogP contribution in [0, 0.1) is 10.1 Å². The molecule has 2 heterocycles. The first-order chi connectivity index (χ1) is 14.0. The summed E-state index contributed by atoms with van der Waals surface area (Å²) in [7, 11) is 2.13. The Morgan fingerprint density at radius 2 is 1.90 bits per heavy atom. The summed E-state index contributed by atoms with van der Waals surface area (Å²) in [5, 5.41) is 21.0. The minimum absolute atomic E-state index is 0.0822. The molecule has 4 rings (SSSR count). The van der Waals surface area contributed by atoms with Gasteiger partial charge in [-0.25, -0.2) is 0 Å². The standard InChI is InChI=1S/C20H22N6O3/c1-24-8-10-25(11-9-24)13-14-2-4-15(5-3-14)21-20(27)19-17-12-16(26(28)29)6-7-18(17)22-23-19/h2-7,12H,8-11,13H2,1H3,(H,21,27)(H,22,23). The van der Waals surface area contributed by atoms with Gasteiger partial charge in [0.25, 0.3) is 11.6 Å². The van der Waals surface area contributed by atoms with Gasteiger partial charge in [-0.1, -0.05) is 12.1 Å². The van der Waals surface area contributed by atoms with Gasteiger partial charge < -0.3 is 10.2 Å². The average Bonchev–Trinajstić information content (AvgIpc) is 3.14. The number of nitro groups is 1. The van der Waals surface area contributed by atoms with Crippen LogP contribution in [0.15, 0.2) is 42.5 Å². The highest BCUT2D eigenvalue weighted by atomic mass is 16.6. The summed E-state index contributed by atoms with van der Waals surface area (Å²) >= 11 is 0. The summed E-state index contributed by atoms with van der Waals surface area (Å²) in [5.74, 6) is -0.413. The molecular formula is C20H22N6O3. The van der Waals surface area contributed by atoms with E-state index in [-0.39, 0.29) is 11.4 Å². The molecule has 9 heteroatoms. The number of aromatic amines is 1. The molecule has 29 heavy (non-hydrogen) atoms. The molecule has 0 saturated carbocycles. The van der Waals surface area contributed by atoms with E-state index in [0.717, 1.165) is 32.7 Å². The van der Waals surface area contributed by atoms with E-state index in [1.54, 1.807) is 6.07 Å². The first kappa shape index (κ1) is 19.0. The van der Waals surface area contributed by atoms with Gasteiger partial charge in [-0.05, 0) is 30.8 Å². The van der Waals surface area contributed by atoms with Crippen molar-refractivity contribution in [2.75, 3.05) is 38.5 Å². The van der Waals surface area contributed by atoms with E-state index in [0.29, 0.717) is 16.6 Å². The zero-order chi connectivity index (χ0) is 20.4. The van der Waals surface area contributed by atoms with Crippen LogP contribution in [0.2, 0.25) is 0 Å². The van der Waals surface area contributed by atoms with Gasteiger partial charge >= 0.3 is 0 Å². The van der Waals surface area contributed by atoms with Crippen molar-refractivity contribution < 1.29 is 9.72 Å². The van der Waals surface area contributed by atoms with E-state index in [1.807, 2.05) is 24.3 Å². The average molecular weight is 394 g/mol. The van der Waals surface area contributed by atoms with Crippen LogP contribution in [-0.2, 0) is 6.54 Å².